The number of nitrogens with one attached hydrogen (secondary N) is 1. The Bertz CT molecular complexity index is 540. The summed E-state index contributed by atoms with van der Waals surface area (Å²) in [5.74, 6) is 0.393. The summed E-state index contributed by atoms with van der Waals surface area (Å²) in [6, 6.07) is 6.84. The van der Waals surface area contributed by atoms with Crippen LogP contribution in [0.2, 0.25) is 0 Å². The molecule has 0 heterocycles. The lowest BCUT2D eigenvalue weighted by molar-refractivity contribution is -0.124. The molecule has 128 valence electrons. The smallest absolute Gasteiger partial charge is 0.227 e. The van der Waals surface area contributed by atoms with Gasteiger partial charge in [0, 0.05) is 12.1 Å². The fourth-order valence-corrected chi connectivity index (χ4v) is 4.24. The van der Waals surface area contributed by atoms with Crippen LogP contribution in [0.3, 0.4) is 0 Å². The van der Waals surface area contributed by atoms with Crippen molar-refractivity contribution >= 4 is 18.3 Å². The van der Waals surface area contributed by atoms with Crippen LogP contribution in [0.15, 0.2) is 24.3 Å². The van der Waals surface area contributed by atoms with Crippen molar-refractivity contribution < 1.29 is 9.18 Å². The van der Waals surface area contributed by atoms with Crippen molar-refractivity contribution in [3.05, 3.63) is 35.6 Å². The molecule has 3 N–H and O–H groups in total. The van der Waals surface area contributed by atoms with E-state index in [4.69, 9.17) is 5.73 Å². The first kappa shape index (κ1) is 18.2. The second-order valence-electron chi connectivity index (χ2n) is 6.99. The van der Waals surface area contributed by atoms with Gasteiger partial charge in [-0.1, -0.05) is 18.6 Å². The molecule has 0 aliphatic heterocycles. The highest BCUT2D eigenvalue weighted by atomic mass is 35.5. The van der Waals surface area contributed by atoms with Gasteiger partial charge in [-0.2, -0.15) is 0 Å². The van der Waals surface area contributed by atoms with Crippen molar-refractivity contribution in [3.63, 3.8) is 0 Å². The molecule has 1 aromatic carbocycles. The van der Waals surface area contributed by atoms with Gasteiger partial charge in [0.2, 0.25) is 5.91 Å². The van der Waals surface area contributed by atoms with Gasteiger partial charge in [-0.25, -0.2) is 4.39 Å². The van der Waals surface area contributed by atoms with Crippen LogP contribution in [-0.2, 0) is 4.79 Å². The number of nitrogens with two attached hydrogens (primary N) is 1. The van der Waals surface area contributed by atoms with E-state index < -0.39 is 0 Å². The SMILES string of the molecule is CC(C(=O)NC1C2CCCC1CC(N)C2)c1cccc(F)c1.Cl. The fourth-order valence-electron chi connectivity index (χ4n) is 4.24. The molecule has 3 unspecified atom stereocenters. The van der Waals surface area contributed by atoms with Gasteiger partial charge >= 0.3 is 0 Å². The molecule has 2 aliphatic rings. The highest BCUT2D eigenvalue weighted by Gasteiger charge is 2.40. The third-order valence-electron chi connectivity index (χ3n) is 5.43. The summed E-state index contributed by atoms with van der Waals surface area (Å²) in [6.07, 6.45) is 5.58. The van der Waals surface area contributed by atoms with E-state index in [0.29, 0.717) is 11.8 Å². The molecule has 23 heavy (non-hydrogen) atoms. The number of amides is 1. The monoisotopic (exact) mass is 340 g/mol. The Labute approximate surface area is 143 Å². The summed E-state index contributed by atoms with van der Waals surface area (Å²) in [6.45, 7) is 1.84. The largest absolute Gasteiger partial charge is 0.352 e. The summed E-state index contributed by atoms with van der Waals surface area (Å²) in [5, 5.41) is 3.24. The maximum atomic E-state index is 13.3. The van der Waals surface area contributed by atoms with E-state index in [2.05, 4.69) is 5.32 Å². The van der Waals surface area contributed by atoms with Crippen molar-refractivity contribution in [1.29, 1.82) is 0 Å². The Morgan fingerprint density at radius 2 is 1.96 bits per heavy atom. The summed E-state index contributed by atoms with van der Waals surface area (Å²) in [5.41, 5.74) is 6.86. The molecule has 0 radical (unpaired) electrons. The van der Waals surface area contributed by atoms with Crippen molar-refractivity contribution in [2.75, 3.05) is 0 Å². The first-order valence-electron chi connectivity index (χ1n) is 8.36. The number of fused-ring (bicyclic) bond motifs is 2. The average Bonchev–Trinajstić information content (AvgIpc) is 2.47. The summed E-state index contributed by atoms with van der Waals surface area (Å²) in [4.78, 5) is 12.6. The van der Waals surface area contributed by atoms with Crippen LogP contribution >= 0.6 is 12.4 Å². The summed E-state index contributed by atoms with van der Waals surface area (Å²) in [7, 11) is 0. The van der Waals surface area contributed by atoms with E-state index in [0.717, 1.165) is 31.2 Å². The molecule has 5 heteroatoms. The Morgan fingerprint density at radius 3 is 2.57 bits per heavy atom. The Hall–Kier alpha value is -1.13. The molecule has 0 saturated heterocycles. The molecule has 3 rings (SSSR count). The molecule has 2 bridgehead atoms. The van der Waals surface area contributed by atoms with E-state index in [1.54, 1.807) is 6.07 Å². The Kier molecular flexibility index (Phi) is 6.04. The molecule has 0 spiro atoms. The standard InChI is InChI=1S/C18H25FN2O.ClH/c1-11(12-4-3-7-15(19)8-12)18(22)21-17-13-5-2-6-14(17)10-16(20)9-13;/h3-4,7-8,11,13-14,16-17H,2,5-6,9-10,20H2,1H3,(H,21,22);1H. The van der Waals surface area contributed by atoms with Crippen LogP contribution in [0, 0.1) is 17.7 Å². The number of carbonyl (C=O) groups excluding carboxylic acids is 1. The van der Waals surface area contributed by atoms with Crippen molar-refractivity contribution in [2.45, 2.75) is 57.0 Å². The van der Waals surface area contributed by atoms with E-state index in [-0.39, 0.29) is 42.1 Å². The lowest BCUT2D eigenvalue weighted by Crippen LogP contribution is -2.54. The number of hydrogen-bond donors (Lipinski definition) is 2. The van der Waals surface area contributed by atoms with Crippen LogP contribution in [0.25, 0.3) is 0 Å². The van der Waals surface area contributed by atoms with Gasteiger partial charge < -0.3 is 11.1 Å². The second kappa shape index (κ2) is 7.63. The maximum Gasteiger partial charge on any atom is 0.227 e. The molecule has 2 fully saturated rings. The van der Waals surface area contributed by atoms with Crippen LogP contribution < -0.4 is 11.1 Å². The van der Waals surface area contributed by atoms with Crippen molar-refractivity contribution in [1.82, 2.24) is 5.32 Å². The molecule has 3 nitrogen and oxygen atoms in total. The number of halogens is 2. The zero-order chi connectivity index (χ0) is 15.7. The van der Waals surface area contributed by atoms with Crippen LogP contribution in [0.1, 0.15) is 50.5 Å². The van der Waals surface area contributed by atoms with Gasteiger partial charge in [0.05, 0.1) is 5.92 Å². The lowest BCUT2D eigenvalue weighted by atomic mass is 9.67. The van der Waals surface area contributed by atoms with Gasteiger partial charge in [0.25, 0.3) is 0 Å². The third kappa shape index (κ3) is 4.04. The van der Waals surface area contributed by atoms with E-state index >= 15 is 0 Å². The predicted octanol–water partition coefficient (Wildman–Crippen LogP) is 3.37. The second-order valence-corrected chi connectivity index (χ2v) is 6.99. The molecular weight excluding hydrogens is 315 g/mol. The fraction of sp³-hybridized carbons (Fsp3) is 0.611. The van der Waals surface area contributed by atoms with Crippen LogP contribution in [0.4, 0.5) is 4.39 Å². The molecule has 1 aromatic rings. The predicted molar refractivity (Wildman–Crippen MR) is 92.0 cm³/mol. The van der Waals surface area contributed by atoms with Crippen LogP contribution in [0.5, 0.6) is 0 Å². The van der Waals surface area contributed by atoms with Gasteiger partial charge in [-0.15, -0.1) is 12.4 Å². The minimum atomic E-state index is -0.327. The van der Waals surface area contributed by atoms with Gasteiger partial charge in [0.1, 0.15) is 5.82 Å². The Balaban J connectivity index is 0.00000192. The van der Waals surface area contributed by atoms with Gasteiger partial charge in [-0.3, -0.25) is 4.79 Å². The van der Waals surface area contributed by atoms with Crippen molar-refractivity contribution in [3.8, 4) is 0 Å². The van der Waals surface area contributed by atoms with E-state index in [9.17, 15) is 9.18 Å². The molecular formula is C18H26ClFN2O. The third-order valence-corrected chi connectivity index (χ3v) is 5.43. The Morgan fingerprint density at radius 1 is 1.30 bits per heavy atom. The highest BCUT2D eigenvalue weighted by molar-refractivity contribution is 5.85. The highest BCUT2D eigenvalue weighted by Crippen LogP contribution is 2.39. The molecule has 1 amide bonds. The zero-order valence-electron chi connectivity index (χ0n) is 13.5. The molecule has 2 saturated carbocycles. The molecule has 0 aromatic heterocycles. The van der Waals surface area contributed by atoms with E-state index in [1.165, 1.54) is 18.6 Å². The minimum absolute atomic E-state index is 0. The number of rotatable bonds is 3. The average molecular weight is 341 g/mol. The lowest BCUT2D eigenvalue weighted by Gasteiger charge is -2.45. The van der Waals surface area contributed by atoms with Crippen molar-refractivity contribution in [2.24, 2.45) is 17.6 Å². The van der Waals surface area contributed by atoms with E-state index in [1.807, 2.05) is 13.0 Å². The maximum absolute atomic E-state index is 13.3. The molecule has 2 aliphatic carbocycles. The van der Waals surface area contributed by atoms with Crippen LogP contribution in [-0.4, -0.2) is 18.0 Å². The first-order chi connectivity index (χ1) is 10.5. The number of hydrogen-bond acceptors (Lipinski definition) is 2. The first-order valence-corrected chi connectivity index (χ1v) is 8.36. The quantitative estimate of drug-likeness (QED) is 0.886. The summed E-state index contributed by atoms with van der Waals surface area (Å²) < 4.78 is 13.3. The number of benzene rings is 1. The molecule has 3 atom stereocenters. The number of carbonyl (C=O) groups is 1. The van der Waals surface area contributed by atoms with Gasteiger partial charge in [-0.05, 0) is 62.1 Å². The zero-order valence-corrected chi connectivity index (χ0v) is 14.3. The summed E-state index contributed by atoms with van der Waals surface area (Å²) >= 11 is 0. The topological polar surface area (TPSA) is 55.1 Å². The van der Waals surface area contributed by atoms with Gasteiger partial charge in [0.15, 0.2) is 0 Å². The minimum Gasteiger partial charge on any atom is -0.352 e. The normalized spacial score (nSPS) is 30.9.